The normalized spacial score (nSPS) is 19.2. The van der Waals surface area contributed by atoms with E-state index in [1.54, 1.807) is 0 Å². The Labute approximate surface area is 281 Å². The zero-order chi connectivity index (χ0) is 35.3. The van der Waals surface area contributed by atoms with Crippen molar-refractivity contribution in [3.8, 4) is 0 Å². The predicted molar refractivity (Wildman–Crippen MR) is 176 cm³/mol. The second kappa shape index (κ2) is 15.3. The fourth-order valence-corrected chi connectivity index (χ4v) is 6.64. The number of nitrogens with zero attached hydrogens (tertiary/aromatic N) is 3. The highest BCUT2D eigenvalue weighted by Crippen LogP contribution is 2.35. The van der Waals surface area contributed by atoms with Crippen molar-refractivity contribution < 1.29 is 37.5 Å². The lowest BCUT2D eigenvalue weighted by molar-refractivity contribution is -0.192. The number of aromatic nitrogens is 1. The Balaban J connectivity index is 0.000000671. The largest absolute Gasteiger partial charge is 0.490 e. The summed E-state index contributed by atoms with van der Waals surface area (Å²) in [5.41, 5.74) is 9.31. The number of piperidine rings is 1. The van der Waals surface area contributed by atoms with Crippen LogP contribution in [0.2, 0.25) is 5.02 Å². The van der Waals surface area contributed by atoms with Gasteiger partial charge < -0.3 is 35.8 Å². The van der Waals surface area contributed by atoms with Gasteiger partial charge in [-0.1, -0.05) is 36.7 Å². The average Bonchev–Trinajstić information content (AvgIpc) is 3.46. The number of anilines is 1. The second-order valence-electron chi connectivity index (χ2n) is 12.5. The van der Waals surface area contributed by atoms with E-state index in [0.29, 0.717) is 31.0 Å². The van der Waals surface area contributed by atoms with E-state index < -0.39 is 30.1 Å². The van der Waals surface area contributed by atoms with Crippen LogP contribution >= 0.6 is 11.6 Å². The number of hydrogen-bond acceptors (Lipinski definition) is 5. The van der Waals surface area contributed by atoms with Crippen LogP contribution in [0.1, 0.15) is 36.8 Å². The quantitative estimate of drug-likeness (QED) is 0.284. The van der Waals surface area contributed by atoms with E-state index in [-0.39, 0.29) is 30.2 Å². The number of likely N-dealkylation sites (tertiary alicyclic amines) is 1. The first kappa shape index (κ1) is 36.5. The number of rotatable bonds is 7. The lowest BCUT2D eigenvalue weighted by atomic mass is 9.88. The maximum absolute atomic E-state index is 14.6. The molecule has 2 aromatic carbocycles. The Morgan fingerprint density at radius 3 is 2.48 bits per heavy atom. The Bertz CT molecular complexity index is 1650. The van der Waals surface area contributed by atoms with Gasteiger partial charge in [-0.15, -0.1) is 0 Å². The van der Waals surface area contributed by atoms with Crippen molar-refractivity contribution in [2.75, 3.05) is 45.2 Å². The number of amides is 4. The molecule has 2 aliphatic rings. The highest BCUT2D eigenvalue weighted by molar-refractivity contribution is 6.30. The summed E-state index contributed by atoms with van der Waals surface area (Å²) in [6.45, 7) is 4.12. The van der Waals surface area contributed by atoms with E-state index >= 15 is 0 Å². The minimum absolute atomic E-state index is 0.161. The molecule has 2 aliphatic heterocycles. The third-order valence-corrected chi connectivity index (χ3v) is 8.93. The van der Waals surface area contributed by atoms with Gasteiger partial charge in [0.1, 0.15) is 6.04 Å². The summed E-state index contributed by atoms with van der Waals surface area (Å²) in [5.74, 6) is -3.71. The first-order valence-corrected chi connectivity index (χ1v) is 15.9. The number of nitrogens with two attached hydrogens (primary N) is 1. The molecule has 0 radical (unpaired) electrons. The second-order valence-corrected chi connectivity index (χ2v) is 13.0. The van der Waals surface area contributed by atoms with Gasteiger partial charge in [0.05, 0.1) is 5.92 Å². The fraction of sp³-hybridized carbons (Fsp3) is 0.455. The molecule has 11 nitrogen and oxygen atoms in total. The number of carboxylic acid groups (broad SMARTS) is 1. The Morgan fingerprint density at radius 2 is 1.83 bits per heavy atom. The molecule has 1 saturated heterocycles. The number of halogens is 4. The summed E-state index contributed by atoms with van der Waals surface area (Å²) in [7, 11) is 4.06. The lowest BCUT2D eigenvalue weighted by Gasteiger charge is -2.39. The molecule has 0 spiro atoms. The molecule has 15 heteroatoms. The number of fused-ring (bicyclic) bond motifs is 2. The van der Waals surface area contributed by atoms with E-state index in [0.717, 1.165) is 40.7 Å². The number of nitrogens with one attached hydrogen (secondary N) is 2. The zero-order valence-electron chi connectivity index (χ0n) is 26.9. The summed E-state index contributed by atoms with van der Waals surface area (Å²) >= 11 is 6.37. The van der Waals surface area contributed by atoms with Gasteiger partial charge in [-0.05, 0) is 74.7 Å². The summed E-state index contributed by atoms with van der Waals surface area (Å²) in [4.78, 5) is 57.8. The van der Waals surface area contributed by atoms with E-state index in [1.165, 1.54) is 4.90 Å². The molecular weight excluding hydrogens is 653 g/mol. The van der Waals surface area contributed by atoms with Crippen LogP contribution in [0.4, 0.5) is 23.7 Å². The minimum Gasteiger partial charge on any atom is -0.475 e. The Kier molecular flexibility index (Phi) is 11.6. The van der Waals surface area contributed by atoms with Crippen LogP contribution in [-0.2, 0) is 20.8 Å². The molecule has 3 unspecified atom stereocenters. The smallest absolute Gasteiger partial charge is 0.475 e. The number of urea groups is 1. The van der Waals surface area contributed by atoms with E-state index in [9.17, 15) is 27.6 Å². The zero-order valence-corrected chi connectivity index (χ0v) is 27.6. The Hall–Kier alpha value is -4.30. The van der Waals surface area contributed by atoms with Crippen molar-refractivity contribution in [2.24, 2.45) is 17.6 Å². The number of primary amides is 1. The van der Waals surface area contributed by atoms with Gasteiger partial charge in [-0.25, -0.2) is 9.59 Å². The van der Waals surface area contributed by atoms with Gasteiger partial charge in [0, 0.05) is 59.9 Å². The van der Waals surface area contributed by atoms with Crippen molar-refractivity contribution in [2.45, 2.75) is 44.3 Å². The molecule has 5 N–H and O–H groups in total. The molecule has 1 fully saturated rings. The van der Waals surface area contributed by atoms with Crippen LogP contribution in [0.3, 0.4) is 0 Å². The molecule has 48 heavy (non-hydrogen) atoms. The third-order valence-electron chi connectivity index (χ3n) is 8.69. The number of carbonyl (C=O) groups excluding carboxylic acids is 3. The number of aliphatic carboxylic acids is 1. The number of carboxylic acids is 1. The van der Waals surface area contributed by atoms with Crippen LogP contribution in [0.25, 0.3) is 10.9 Å². The van der Waals surface area contributed by atoms with Gasteiger partial charge in [-0.2, -0.15) is 13.2 Å². The SMILES string of the molecule is CC(c1c[nH]c2ccccc12)C(NC(=O)C1CCCN(C(N)=O)C1)C(=O)N1C[C@@H](CN(C)C)Cc2cc(Cl)ccc21.O=C(O)C(F)(F)F. The number of carbonyl (C=O) groups is 4. The number of H-pyrrole nitrogens is 1. The van der Waals surface area contributed by atoms with Gasteiger partial charge in [0.15, 0.2) is 0 Å². The van der Waals surface area contributed by atoms with Gasteiger partial charge in [0.25, 0.3) is 0 Å². The molecular formula is C33H40ClF3N6O5. The van der Waals surface area contributed by atoms with Crippen molar-refractivity contribution in [1.29, 1.82) is 0 Å². The molecule has 4 atom stereocenters. The number of aromatic amines is 1. The third kappa shape index (κ3) is 8.78. The molecule has 3 aromatic rings. The first-order valence-electron chi connectivity index (χ1n) is 15.5. The fourth-order valence-electron chi connectivity index (χ4n) is 6.44. The van der Waals surface area contributed by atoms with Crippen molar-refractivity contribution in [1.82, 2.24) is 20.1 Å². The molecule has 1 aromatic heterocycles. The monoisotopic (exact) mass is 692 g/mol. The number of alkyl halides is 3. The number of para-hydroxylation sites is 1. The van der Waals surface area contributed by atoms with Crippen LogP contribution < -0.4 is 16.0 Å². The number of hydrogen-bond donors (Lipinski definition) is 4. The first-order chi connectivity index (χ1) is 22.6. The van der Waals surface area contributed by atoms with Gasteiger partial charge >= 0.3 is 18.2 Å². The number of benzene rings is 2. The van der Waals surface area contributed by atoms with Gasteiger partial charge in [0.2, 0.25) is 11.8 Å². The lowest BCUT2D eigenvalue weighted by Crippen LogP contribution is -2.56. The highest BCUT2D eigenvalue weighted by atomic mass is 35.5. The summed E-state index contributed by atoms with van der Waals surface area (Å²) in [6.07, 6.45) is -1.02. The molecule has 0 aliphatic carbocycles. The van der Waals surface area contributed by atoms with Crippen LogP contribution in [-0.4, -0.2) is 96.2 Å². The van der Waals surface area contributed by atoms with E-state index in [1.807, 2.05) is 74.6 Å². The van der Waals surface area contributed by atoms with Crippen molar-refractivity contribution in [3.63, 3.8) is 0 Å². The van der Waals surface area contributed by atoms with E-state index in [2.05, 4.69) is 15.2 Å². The van der Waals surface area contributed by atoms with Gasteiger partial charge in [-0.3, -0.25) is 9.59 Å². The van der Waals surface area contributed by atoms with Crippen LogP contribution in [0.15, 0.2) is 48.7 Å². The molecule has 0 bridgehead atoms. The van der Waals surface area contributed by atoms with E-state index in [4.69, 9.17) is 27.2 Å². The molecule has 0 saturated carbocycles. The Morgan fingerprint density at radius 1 is 1.15 bits per heavy atom. The molecule has 3 heterocycles. The molecule has 4 amide bonds. The highest BCUT2D eigenvalue weighted by Gasteiger charge is 2.39. The maximum atomic E-state index is 14.6. The summed E-state index contributed by atoms with van der Waals surface area (Å²) < 4.78 is 31.7. The molecule has 5 rings (SSSR count). The van der Waals surface area contributed by atoms with Crippen molar-refractivity contribution >= 4 is 52.0 Å². The van der Waals surface area contributed by atoms with Crippen LogP contribution in [0.5, 0.6) is 0 Å². The maximum Gasteiger partial charge on any atom is 0.490 e. The minimum atomic E-state index is -5.08. The van der Waals surface area contributed by atoms with Crippen molar-refractivity contribution in [3.05, 3.63) is 64.8 Å². The summed E-state index contributed by atoms with van der Waals surface area (Å²) in [5, 5.41) is 11.9. The molecule has 260 valence electrons. The summed E-state index contributed by atoms with van der Waals surface area (Å²) in [6, 6.07) is 12.3. The predicted octanol–water partition coefficient (Wildman–Crippen LogP) is 4.60. The topological polar surface area (TPSA) is 152 Å². The van der Waals surface area contributed by atoms with Crippen LogP contribution in [0, 0.1) is 11.8 Å². The average molecular weight is 693 g/mol. The standard InChI is InChI=1S/C31H39ClN6O3.C2HF3O2/c1-19(25-15-34-26-9-5-4-8-24(25)26)28(35-29(39)21-7-6-12-37(18-21)31(33)41)30(40)38-17-20(16-36(2)3)13-22-14-23(32)10-11-27(22)38;3-2(4,5)1(6)7/h4-5,8-11,14-15,19-21,28,34H,6-7,12-13,16-18H2,1-3H3,(H2,33,41)(H,35,39);(H,6,7)/t19?,20-,21?,28?;/m1./s1.